The van der Waals surface area contributed by atoms with Crippen LogP contribution in [0.15, 0.2) is 11.6 Å². The Balaban J connectivity index is 1.70. The molecule has 0 spiro atoms. The van der Waals surface area contributed by atoms with Crippen LogP contribution in [0, 0.1) is 5.92 Å². The van der Waals surface area contributed by atoms with Gasteiger partial charge in [-0.25, -0.2) is 0 Å². The molecule has 1 amide bonds. The standard InChI is InChI=1S/C13H22N2O/c1-13(14,11-6-7-11)12(16)15-9-8-10-4-2-3-5-10/h4,11H,2-3,5-9,14H2,1H3,(H,15,16). The molecule has 3 nitrogen and oxygen atoms in total. The van der Waals surface area contributed by atoms with Crippen LogP contribution in [-0.4, -0.2) is 18.0 Å². The van der Waals surface area contributed by atoms with E-state index < -0.39 is 5.54 Å². The fourth-order valence-corrected chi connectivity index (χ4v) is 2.36. The second kappa shape index (κ2) is 4.58. The number of amides is 1. The Morgan fingerprint density at radius 1 is 1.62 bits per heavy atom. The molecule has 0 aromatic carbocycles. The number of hydrogen-bond acceptors (Lipinski definition) is 2. The van der Waals surface area contributed by atoms with Gasteiger partial charge in [-0.2, -0.15) is 0 Å². The number of carbonyl (C=O) groups is 1. The monoisotopic (exact) mass is 222 g/mol. The third kappa shape index (κ3) is 2.64. The first kappa shape index (κ1) is 11.6. The zero-order valence-corrected chi connectivity index (χ0v) is 10.1. The first-order valence-electron chi connectivity index (χ1n) is 6.36. The van der Waals surface area contributed by atoms with Crippen molar-refractivity contribution in [1.82, 2.24) is 5.32 Å². The Hall–Kier alpha value is -0.830. The smallest absolute Gasteiger partial charge is 0.240 e. The third-order valence-corrected chi connectivity index (χ3v) is 3.78. The van der Waals surface area contributed by atoms with Gasteiger partial charge >= 0.3 is 0 Å². The van der Waals surface area contributed by atoms with Gasteiger partial charge in [-0.05, 0) is 51.4 Å². The molecular formula is C13H22N2O. The Labute approximate surface area is 97.5 Å². The fourth-order valence-electron chi connectivity index (χ4n) is 2.36. The van der Waals surface area contributed by atoms with Crippen LogP contribution in [0.2, 0.25) is 0 Å². The largest absolute Gasteiger partial charge is 0.354 e. The molecule has 1 saturated carbocycles. The Bertz CT molecular complexity index is 303. The predicted molar refractivity (Wildman–Crippen MR) is 64.9 cm³/mol. The van der Waals surface area contributed by atoms with Crippen LogP contribution in [-0.2, 0) is 4.79 Å². The molecule has 1 unspecified atom stereocenters. The van der Waals surface area contributed by atoms with Crippen LogP contribution in [0.3, 0.4) is 0 Å². The first-order chi connectivity index (χ1) is 7.60. The predicted octanol–water partition coefficient (Wildman–Crippen LogP) is 1.73. The molecule has 0 aromatic rings. The Morgan fingerprint density at radius 2 is 2.38 bits per heavy atom. The van der Waals surface area contributed by atoms with E-state index in [1.54, 1.807) is 0 Å². The van der Waals surface area contributed by atoms with E-state index in [9.17, 15) is 4.79 Å². The molecule has 0 heterocycles. The second-order valence-electron chi connectivity index (χ2n) is 5.32. The van der Waals surface area contributed by atoms with Crippen molar-refractivity contribution in [3.8, 4) is 0 Å². The molecule has 0 bridgehead atoms. The molecule has 90 valence electrons. The van der Waals surface area contributed by atoms with Gasteiger partial charge in [-0.1, -0.05) is 11.6 Å². The molecule has 2 aliphatic carbocycles. The summed E-state index contributed by atoms with van der Waals surface area (Å²) < 4.78 is 0. The van der Waals surface area contributed by atoms with Crippen molar-refractivity contribution in [3.05, 3.63) is 11.6 Å². The highest BCUT2D eigenvalue weighted by Crippen LogP contribution is 2.38. The van der Waals surface area contributed by atoms with E-state index in [0.717, 1.165) is 25.8 Å². The Morgan fingerprint density at radius 3 is 2.94 bits per heavy atom. The van der Waals surface area contributed by atoms with E-state index in [2.05, 4.69) is 11.4 Å². The molecule has 3 N–H and O–H groups in total. The lowest BCUT2D eigenvalue weighted by Crippen LogP contribution is -2.53. The van der Waals surface area contributed by atoms with E-state index in [4.69, 9.17) is 5.73 Å². The van der Waals surface area contributed by atoms with Crippen molar-refractivity contribution in [2.24, 2.45) is 11.7 Å². The summed E-state index contributed by atoms with van der Waals surface area (Å²) in [7, 11) is 0. The number of hydrogen-bond donors (Lipinski definition) is 2. The zero-order chi connectivity index (χ0) is 11.6. The van der Waals surface area contributed by atoms with Gasteiger partial charge in [0.25, 0.3) is 0 Å². The summed E-state index contributed by atoms with van der Waals surface area (Å²) in [5.41, 5.74) is 6.88. The van der Waals surface area contributed by atoms with E-state index in [-0.39, 0.29) is 5.91 Å². The molecule has 1 fully saturated rings. The quantitative estimate of drug-likeness (QED) is 0.696. The van der Waals surface area contributed by atoms with Gasteiger partial charge in [-0.3, -0.25) is 4.79 Å². The fraction of sp³-hybridized carbons (Fsp3) is 0.769. The van der Waals surface area contributed by atoms with Crippen LogP contribution in [0.25, 0.3) is 0 Å². The van der Waals surface area contributed by atoms with Crippen molar-refractivity contribution in [3.63, 3.8) is 0 Å². The summed E-state index contributed by atoms with van der Waals surface area (Å²) in [5, 5.41) is 2.97. The lowest BCUT2D eigenvalue weighted by atomic mass is 9.96. The van der Waals surface area contributed by atoms with Crippen LogP contribution in [0.4, 0.5) is 0 Å². The molecule has 0 saturated heterocycles. The topological polar surface area (TPSA) is 55.1 Å². The van der Waals surface area contributed by atoms with Gasteiger partial charge in [0.05, 0.1) is 5.54 Å². The van der Waals surface area contributed by atoms with E-state index in [1.165, 1.54) is 24.8 Å². The van der Waals surface area contributed by atoms with E-state index >= 15 is 0 Å². The van der Waals surface area contributed by atoms with Gasteiger partial charge in [0.1, 0.15) is 0 Å². The third-order valence-electron chi connectivity index (χ3n) is 3.78. The van der Waals surface area contributed by atoms with Crippen LogP contribution < -0.4 is 11.1 Å². The SMILES string of the molecule is CC(N)(C(=O)NCCC1=CCCC1)C1CC1. The number of rotatable bonds is 5. The van der Waals surface area contributed by atoms with Crippen molar-refractivity contribution < 1.29 is 4.79 Å². The summed E-state index contributed by atoms with van der Waals surface area (Å²) >= 11 is 0. The highest BCUT2D eigenvalue weighted by atomic mass is 16.2. The average Bonchev–Trinajstić information content (AvgIpc) is 2.99. The minimum Gasteiger partial charge on any atom is -0.354 e. The lowest BCUT2D eigenvalue weighted by Gasteiger charge is -2.23. The normalized spacial score (nSPS) is 23.8. The van der Waals surface area contributed by atoms with Crippen molar-refractivity contribution in [2.75, 3.05) is 6.54 Å². The average molecular weight is 222 g/mol. The van der Waals surface area contributed by atoms with Crippen molar-refractivity contribution >= 4 is 5.91 Å². The van der Waals surface area contributed by atoms with Crippen molar-refractivity contribution in [2.45, 2.75) is 51.0 Å². The van der Waals surface area contributed by atoms with Gasteiger partial charge in [0.15, 0.2) is 0 Å². The zero-order valence-electron chi connectivity index (χ0n) is 10.1. The summed E-state index contributed by atoms with van der Waals surface area (Å²) in [6, 6.07) is 0. The van der Waals surface area contributed by atoms with Gasteiger partial charge in [0, 0.05) is 6.54 Å². The van der Waals surface area contributed by atoms with Crippen LogP contribution in [0.5, 0.6) is 0 Å². The maximum atomic E-state index is 11.9. The van der Waals surface area contributed by atoms with E-state index in [0.29, 0.717) is 5.92 Å². The number of allylic oxidation sites excluding steroid dienone is 1. The van der Waals surface area contributed by atoms with Crippen LogP contribution in [0.1, 0.15) is 45.4 Å². The summed E-state index contributed by atoms with van der Waals surface area (Å²) in [6.07, 6.45) is 9.19. The number of nitrogens with one attached hydrogen (secondary N) is 1. The van der Waals surface area contributed by atoms with Gasteiger partial charge < -0.3 is 11.1 Å². The number of carbonyl (C=O) groups excluding carboxylic acids is 1. The maximum Gasteiger partial charge on any atom is 0.240 e. The van der Waals surface area contributed by atoms with Gasteiger partial charge in [0.2, 0.25) is 5.91 Å². The molecule has 0 aromatic heterocycles. The molecule has 2 aliphatic rings. The lowest BCUT2D eigenvalue weighted by molar-refractivity contribution is -0.126. The summed E-state index contributed by atoms with van der Waals surface area (Å²) in [5.74, 6) is 0.423. The maximum absolute atomic E-state index is 11.9. The Kier molecular flexibility index (Phi) is 3.33. The van der Waals surface area contributed by atoms with E-state index in [1.807, 2.05) is 6.92 Å². The molecule has 3 heteroatoms. The molecule has 1 atom stereocenters. The molecular weight excluding hydrogens is 200 g/mol. The molecule has 2 rings (SSSR count). The summed E-state index contributed by atoms with van der Waals surface area (Å²) in [4.78, 5) is 11.9. The van der Waals surface area contributed by atoms with Crippen LogP contribution >= 0.6 is 0 Å². The first-order valence-corrected chi connectivity index (χ1v) is 6.36. The van der Waals surface area contributed by atoms with Gasteiger partial charge in [-0.15, -0.1) is 0 Å². The summed E-state index contributed by atoms with van der Waals surface area (Å²) in [6.45, 7) is 2.60. The highest BCUT2D eigenvalue weighted by Gasteiger charge is 2.43. The highest BCUT2D eigenvalue weighted by molar-refractivity contribution is 5.86. The molecule has 16 heavy (non-hydrogen) atoms. The number of nitrogens with two attached hydrogens (primary N) is 1. The minimum absolute atomic E-state index is 0.0218. The molecule has 0 aliphatic heterocycles. The second-order valence-corrected chi connectivity index (χ2v) is 5.32. The van der Waals surface area contributed by atoms with Crippen molar-refractivity contribution in [1.29, 1.82) is 0 Å². The minimum atomic E-state index is -0.649. The molecule has 0 radical (unpaired) electrons.